The van der Waals surface area contributed by atoms with E-state index >= 15 is 0 Å². The van der Waals surface area contributed by atoms with Crippen molar-refractivity contribution in [3.05, 3.63) is 63.8 Å². The van der Waals surface area contributed by atoms with Crippen molar-refractivity contribution in [2.75, 3.05) is 13.1 Å². The molecule has 4 rings (SSSR count). The Morgan fingerprint density at radius 1 is 1.19 bits per heavy atom. The summed E-state index contributed by atoms with van der Waals surface area (Å²) >= 11 is 8.39. The molecule has 1 fully saturated rings. The number of pyridine rings is 1. The monoisotopic (exact) mass is 467 g/mol. The summed E-state index contributed by atoms with van der Waals surface area (Å²) in [6.07, 6.45) is 3.80. The molecule has 1 aromatic carbocycles. The van der Waals surface area contributed by atoms with Crippen molar-refractivity contribution in [2.24, 2.45) is 5.73 Å². The Bertz CT molecular complexity index is 1150. The highest BCUT2D eigenvalue weighted by Gasteiger charge is 2.23. The molecule has 1 aliphatic rings. The van der Waals surface area contributed by atoms with Gasteiger partial charge in [0.1, 0.15) is 0 Å². The summed E-state index contributed by atoms with van der Waals surface area (Å²) in [7, 11) is 0. The number of amides is 1. The number of carbonyl (C=O) groups is 1. The maximum absolute atomic E-state index is 12.9. The number of hydrogen-bond donors (Lipinski definition) is 1. The molecule has 0 radical (unpaired) electrons. The topological polar surface area (TPSA) is 59.2 Å². The van der Waals surface area contributed by atoms with E-state index in [0.29, 0.717) is 17.1 Å². The summed E-state index contributed by atoms with van der Waals surface area (Å²) in [6, 6.07) is 12.1. The number of aryl methyl sites for hydroxylation is 1. The summed E-state index contributed by atoms with van der Waals surface area (Å²) in [5.74, 6) is 0.00291. The van der Waals surface area contributed by atoms with Gasteiger partial charge in [-0.1, -0.05) is 38.4 Å². The number of thiophene rings is 1. The lowest BCUT2D eigenvalue weighted by Gasteiger charge is -2.30. The van der Waals surface area contributed by atoms with Gasteiger partial charge >= 0.3 is 0 Å². The second-order valence-electron chi connectivity index (χ2n) is 9.61. The molecule has 32 heavy (non-hydrogen) atoms. The molecular weight excluding hydrogens is 438 g/mol. The van der Waals surface area contributed by atoms with Crippen molar-refractivity contribution >= 4 is 28.8 Å². The zero-order valence-electron chi connectivity index (χ0n) is 19.1. The number of likely N-dealkylation sites (tertiary alicyclic amines) is 1. The van der Waals surface area contributed by atoms with Gasteiger partial charge in [-0.2, -0.15) is 0 Å². The minimum atomic E-state index is -0.00722. The van der Waals surface area contributed by atoms with Crippen LogP contribution in [0.25, 0.3) is 21.6 Å². The van der Waals surface area contributed by atoms with Crippen molar-refractivity contribution in [1.82, 2.24) is 9.88 Å². The Balaban J connectivity index is 1.62. The first-order valence-corrected chi connectivity index (χ1v) is 12.2. The molecule has 2 N–H and O–H groups in total. The third-order valence-electron chi connectivity index (χ3n) is 5.98. The second-order valence-corrected chi connectivity index (χ2v) is 11.3. The molecular formula is C26H30ClN3OS. The molecule has 4 nitrogen and oxygen atoms in total. The van der Waals surface area contributed by atoms with Crippen molar-refractivity contribution in [3.63, 3.8) is 0 Å². The fourth-order valence-corrected chi connectivity index (χ4v) is 5.55. The largest absolute Gasteiger partial charge is 0.337 e. The van der Waals surface area contributed by atoms with Crippen LogP contribution >= 0.6 is 22.9 Å². The summed E-state index contributed by atoms with van der Waals surface area (Å²) in [4.78, 5) is 21.6. The van der Waals surface area contributed by atoms with Crippen LogP contribution < -0.4 is 5.73 Å². The molecule has 1 atom stereocenters. The molecule has 1 saturated heterocycles. The predicted molar refractivity (Wildman–Crippen MR) is 135 cm³/mol. The molecule has 3 heterocycles. The Morgan fingerprint density at radius 3 is 2.66 bits per heavy atom. The number of aromatic nitrogens is 1. The van der Waals surface area contributed by atoms with E-state index in [1.54, 1.807) is 17.4 Å². The van der Waals surface area contributed by atoms with Gasteiger partial charge in [0.15, 0.2) is 0 Å². The lowest BCUT2D eigenvalue weighted by atomic mass is 9.90. The maximum Gasteiger partial charge on any atom is 0.253 e. The SMILES string of the molecule is Cc1sc(-c2ccc(C(=O)N3CCCC(N)C3)cc2Cl)cc1-c1ccnc(C(C)(C)C)c1. The third-order valence-corrected chi connectivity index (χ3v) is 7.38. The van der Waals surface area contributed by atoms with Gasteiger partial charge in [0.25, 0.3) is 5.91 Å². The smallest absolute Gasteiger partial charge is 0.253 e. The first-order valence-electron chi connectivity index (χ1n) is 11.1. The maximum atomic E-state index is 12.9. The van der Waals surface area contributed by atoms with Crippen LogP contribution in [0.3, 0.4) is 0 Å². The average Bonchev–Trinajstić information content (AvgIpc) is 3.14. The average molecular weight is 468 g/mol. The van der Waals surface area contributed by atoms with Crippen LogP contribution in [0.2, 0.25) is 5.02 Å². The van der Waals surface area contributed by atoms with E-state index in [1.165, 1.54) is 10.4 Å². The first kappa shape index (κ1) is 23.0. The van der Waals surface area contributed by atoms with Gasteiger partial charge in [-0.05, 0) is 61.2 Å². The van der Waals surface area contributed by atoms with Crippen molar-refractivity contribution in [2.45, 2.75) is 52.0 Å². The molecule has 1 unspecified atom stereocenters. The van der Waals surface area contributed by atoms with E-state index in [0.717, 1.165) is 41.1 Å². The summed E-state index contributed by atoms with van der Waals surface area (Å²) in [5, 5.41) is 0.593. The van der Waals surface area contributed by atoms with Crippen LogP contribution in [0.5, 0.6) is 0 Å². The second kappa shape index (κ2) is 8.97. The molecule has 168 valence electrons. The van der Waals surface area contributed by atoms with Crippen LogP contribution in [-0.4, -0.2) is 34.9 Å². The minimum absolute atomic E-state index is 0.00291. The first-order chi connectivity index (χ1) is 15.1. The summed E-state index contributed by atoms with van der Waals surface area (Å²) in [6.45, 7) is 10.0. The van der Waals surface area contributed by atoms with Gasteiger partial charge in [0.05, 0.1) is 5.02 Å². The van der Waals surface area contributed by atoms with Gasteiger partial charge in [0.2, 0.25) is 0 Å². The minimum Gasteiger partial charge on any atom is -0.337 e. The van der Waals surface area contributed by atoms with Crippen molar-refractivity contribution in [3.8, 4) is 21.6 Å². The summed E-state index contributed by atoms with van der Waals surface area (Å²) < 4.78 is 0. The molecule has 0 bridgehead atoms. The van der Waals surface area contributed by atoms with Crippen LogP contribution in [0.1, 0.15) is 54.5 Å². The van der Waals surface area contributed by atoms with E-state index in [1.807, 2.05) is 23.2 Å². The van der Waals surface area contributed by atoms with E-state index in [9.17, 15) is 4.79 Å². The van der Waals surface area contributed by atoms with Gasteiger partial charge in [0, 0.05) is 57.3 Å². The number of piperidine rings is 1. The molecule has 0 saturated carbocycles. The third kappa shape index (κ3) is 4.75. The zero-order valence-corrected chi connectivity index (χ0v) is 20.7. The van der Waals surface area contributed by atoms with Crippen molar-refractivity contribution in [1.29, 1.82) is 0 Å². The molecule has 6 heteroatoms. The number of benzene rings is 1. The molecule has 0 spiro atoms. The number of hydrogen-bond acceptors (Lipinski definition) is 4. The van der Waals surface area contributed by atoms with Crippen LogP contribution in [-0.2, 0) is 5.41 Å². The van der Waals surface area contributed by atoms with Crippen LogP contribution in [0.4, 0.5) is 0 Å². The van der Waals surface area contributed by atoms with Gasteiger partial charge in [-0.25, -0.2) is 0 Å². The Morgan fingerprint density at radius 2 is 1.97 bits per heavy atom. The molecule has 0 aliphatic carbocycles. The van der Waals surface area contributed by atoms with E-state index < -0.39 is 0 Å². The Hall–Kier alpha value is -2.21. The van der Waals surface area contributed by atoms with E-state index in [4.69, 9.17) is 17.3 Å². The Kier molecular flexibility index (Phi) is 6.44. The van der Waals surface area contributed by atoms with Gasteiger partial charge < -0.3 is 10.6 Å². The highest BCUT2D eigenvalue weighted by atomic mass is 35.5. The van der Waals surface area contributed by atoms with Crippen LogP contribution in [0.15, 0.2) is 42.6 Å². The standard InChI is InChI=1S/C26H30ClN3OS/c1-16-21(17-9-10-29-24(13-17)26(2,3)4)14-23(32-16)20-8-7-18(12-22(20)27)25(31)30-11-5-6-19(28)15-30/h7-10,12-14,19H,5-6,11,15,28H2,1-4H3. The zero-order chi connectivity index (χ0) is 23.0. The number of carbonyl (C=O) groups excluding carboxylic acids is 1. The van der Waals surface area contributed by atoms with E-state index in [-0.39, 0.29) is 17.4 Å². The normalized spacial score (nSPS) is 16.9. The summed E-state index contributed by atoms with van der Waals surface area (Å²) in [5.41, 5.74) is 11.0. The van der Waals surface area contributed by atoms with Gasteiger partial charge in [-0.15, -0.1) is 11.3 Å². The number of nitrogens with two attached hydrogens (primary N) is 1. The van der Waals surface area contributed by atoms with Crippen LogP contribution in [0, 0.1) is 6.92 Å². The fraction of sp³-hybridized carbons (Fsp3) is 0.385. The van der Waals surface area contributed by atoms with Crippen molar-refractivity contribution < 1.29 is 4.79 Å². The molecule has 2 aromatic heterocycles. The molecule has 1 aliphatic heterocycles. The van der Waals surface area contributed by atoms with Gasteiger partial charge in [-0.3, -0.25) is 9.78 Å². The quantitative estimate of drug-likeness (QED) is 0.491. The highest BCUT2D eigenvalue weighted by molar-refractivity contribution is 7.16. The number of rotatable bonds is 3. The number of halogens is 1. The molecule has 3 aromatic rings. The highest BCUT2D eigenvalue weighted by Crippen LogP contribution is 2.40. The van der Waals surface area contributed by atoms with E-state index in [2.05, 4.69) is 50.9 Å². The molecule has 1 amide bonds. The predicted octanol–water partition coefficient (Wildman–Crippen LogP) is 6.30. The fourth-order valence-electron chi connectivity index (χ4n) is 4.13. The Labute approximate surface area is 199 Å². The lowest BCUT2D eigenvalue weighted by molar-refractivity contribution is 0.0709. The lowest BCUT2D eigenvalue weighted by Crippen LogP contribution is -2.45. The number of nitrogens with zero attached hydrogens (tertiary/aromatic N) is 2.